The maximum Gasteiger partial charge on any atom is 0.289 e. The smallest absolute Gasteiger partial charge is 0.289 e. The number of piperazine rings is 1. The minimum atomic E-state index is -0.350. The zero-order valence-corrected chi connectivity index (χ0v) is 21.0. The van der Waals surface area contributed by atoms with Crippen molar-refractivity contribution in [1.29, 1.82) is 0 Å². The van der Waals surface area contributed by atoms with E-state index in [0.717, 1.165) is 5.69 Å². The van der Waals surface area contributed by atoms with Gasteiger partial charge in [0, 0.05) is 48.5 Å². The topological polar surface area (TPSA) is 75.0 Å². The van der Waals surface area contributed by atoms with Gasteiger partial charge < -0.3 is 24.3 Å². The number of rotatable bonds is 6. The number of anilines is 2. The first-order valence-corrected chi connectivity index (χ1v) is 11.9. The molecule has 1 saturated heterocycles. The van der Waals surface area contributed by atoms with E-state index in [0.29, 0.717) is 64.0 Å². The molecule has 4 rings (SSSR count). The second-order valence-corrected chi connectivity index (χ2v) is 9.01. The molecule has 1 aromatic heterocycles. The summed E-state index contributed by atoms with van der Waals surface area (Å²) < 4.78 is 10.5. The molecule has 1 aliphatic rings. The average molecular weight is 535 g/mol. The fourth-order valence-corrected chi connectivity index (χ4v) is 4.70. The third kappa shape index (κ3) is 5.93. The molecule has 10 heteroatoms. The van der Waals surface area contributed by atoms with Crippen LogP contribution in [-0.4, -0.2) is 50.0 Å². The van der Waals surface area contributed by atoms with Gasteiger partial charge in [-0.05, 0) is 48.5 Å². The average Bonchev–Trinajstić information content (AvgIpc) is 3.37. The molecule has 0 unspecified atom stereocenters. The van der Waals surface area contributed by atoms with Gasteiger partial charge in [0.25, 0.3) is 5.91 Å². The number of halogens is 3. The molecule has 2 amide bonds. The Morgan fingerprint density at radius 1 is 1.03 bits per heavy atom. The Hall–Kier alpha value is -3.13. The molecule has 0 radical (unpaired) electrons. The molecule has 0 atom stereocenters. The number of hydrogen-bond donors (Lipinski definition) is 1. The van der Waals surface area contributed by atoms with Gasteiger partial charge in [-0.3, -0.25) is 9.59 Å². The van der Waals surface area contributed by atoms with Crippen molar-refractivity contribution < 1.29 is 18.7 Å². The van der Waals surface area contributed by atoms with Crippen molar-refractivity contribution >= 4 is 64.1 Å². The summed E-state index contributed by atoms with van der Waals surface area (Å²) in [6.45, 7) is 2.36. The molecule has 0 aliphatic carbocycles. The Morgan fingerprint density at radius 3 is 2.46 bits per heavy atom. The van der Waals surface area contributed by atoms with E-state index in [2.05, 4.69) is 10.2 Å². The predicted octanol–water partition coefficient (Wildman–Crippen LogP) is 5.86. The molecule has 1 N–H and O–H groups in total. The van der Waals surface area contributed by atoms with Crippen LogP contribution in [0.25, 0.3) is 6.08 Å². The number of carbonyl (C=O) groups excluding carboxylic acids is 2. The predicted molar refractivity (Wildman–Crippen MR) is 139 cm³/mol. The third-order valence-electron chi connectivity index (χ3n) is 5.51. The summed E-state index contributed by atoms with van der Waals surface area (Å²) in [6.07, 6.45) is 4.43. The molecule has 0 bridgehead atoms. The lowest BCUT2D eigenvalue weighted by atomic mass is 10.2. The highest BCUT2D eigenvalue weighted by Crippen LogP contribution is 2.33. The fraction of sp³-hybridized carbons (Fsp3) is 0.200. The summed E-state index contributed by atoms with van der Waals surface area (Å²) in [7, 11) is 1.49. The summed E-state index contributed by atoms with van der Waals surface area (Å²) >= 11 is 18.7. The van der Waals surface area contributed by atoms with E-state index in [1.54, 1.807) is 47.4 Å². The monoisotopic (exact) mass is 533 g/mol. The van der Waals surface area contributed by atoms with Crippen LogP contribution in [0.2, 0.25) is 15.1 Å². The number of nitrogens with one attached hydrogen (secondary N) is 1. The molecular weight excluding hydrogens is 513 g/mol. The lowest BCUT2D eigenvalue weighted by Crippen LogP contribution is -2.48. The third-order valence-corrected chi connectivity index (χ3v) is 6.31. The van der Waals surface area contributed by atoms with Gasteiger partial charge in [0.1, 0.15) is 5.75 Å². The van der Waals surface area contributed by atoms with Crippen LogP contribution < -0.4 is 15.0 Å². The zero-order chi connectivity index (χ0) is 24.9. The summed E-state index contributed by atoms with van der Waals surface area (Å²) in [6, 6.07) is 11.9. The van der Waals surface area contributed by atoms with Crippen molar-refractivity contribution in [3.05, 3.63) is 81.2 Å². The van der Waals surface area contributed by atoms with E-state index in [9.17, 15) is 9.59 Å². The highest BCUT2D eigenvalue weighted by Gasteiger charge is 2.24. The van der Waals surface area contributed by atoms with Crippen LogP contribution in [0, 0.1) is 0 Å². The van der Waals surface area contributed by atoms with Crippen molar-refractivity contribution in [1.82, 2.24) is 4.90 Å². The van der Waals surface area contributed by atoms with Gasteiger partial charge in [0.15, 0.2) is 5.76 Å². The molecule has 1 fully saturated rings. The number of benzene rings is 2. The van der Waals surface area contributed by atoms with Gasteiger partial charge in [0.2, 0.25) is 5.91 Å². The Balaban J connectivity index is 1.37. The molecule has 35 heavy (non-hydrogen) atoms. The molecule has 7 nitrogen and oxygen atoms in total. The SMILES string of the molecule is COc1c(Cl)cc(Cl)cc1/C=C/C(=O)Nc1ccc(N2CCN(C(=O)c3ccco3)CC2)c(Cl)c1. The Bertz CT molecular complexity index is 1250. The van der Waals surface area contributed by atoms with Gasteiger partial charge in [-0.15, -0.1) is 0 Å². The van der Waals surface area contributed by atoms with E-state index in [-0.39, 0.29) is 11.8 Å². The first-order valence-electron chi connectivity index (χ1n) is 10.7. The molecule has 182 valence electrons. The lowest BCUT2D eigenvalue weighted by molar-refractivity contribution is -0.111. The molecule has 3 aromatic rings. The molecule has 2 aromatic carbocycles. The molecule has 0 saturated carbocycles. The second-order valence-electron chi connectivity index (χ2n) is 7.76. The Labute approximate surface area is 217 Å². The van der Waals surface area contributed by atoms with Gasteiger partial charge in [-0.2, -0.15) is 0 Å². The largest absolute Gasteiger partial charge is 0.495 e. The van der Waals surface area contributed by atoms with E-state index >= 15 is 0 Å². The van der Waals surface area contributed by atoms with Gasteiger partial charge in [-0.1, -0.05) is 34.8 Å². The maximum atomic E-state index is 12.5. The number of furan rings is 1. The minimum absolute atomic E-state index is 0.121. The van der Waals surface area contributed by atoms with Crippen molar-refractivity contribution in [2.24, 2.45) is 0 Å². The highest BCUT2D eigenvalue weighted by atomic mass is 35.5. The fourth-order valence-electron chi connectivity index (χ4n) is 3.82. The number of hydrogen-bond acceptors (Lipinski definition) is 5. The summed E-state index contributed by atoms with van der Waals surface area (Å²) in [5, 5.41) is 4.08. The minimum Gasteiger partial charge on any atom is -0.495 e. The van der Waals surface area contributed by atoms with Crippen molar-refractivity contribution in [2.75, 3.05) is 43.5 Å². The van der Waals surface area contributed by atoms with E-state index in [4.69, 9.17) is 44.0 Å². The first kappa shape index (κ1) is 25.0. The number of amides is 2. The van der Waals surface area contributed by atoms with Crippen LogP contribution >= 0.6 is 34.8 Å². The number of methoxy groups -OCH3 is 1. The van der Waals surface area contributed by atoms with Crippen LogP contribution in [0.5, 0.6) is 5.75 Å². The van der Waals surface area contributed by atoms with Gasteiger partial charge >= 0.3 is 0 Å². The van der Waals surface area contributed by atoms with Crippen LogP contribution in [0.15, 0.2) is 59.2 Å². The van der Waals surface area contributed by atoms with Crippen molar-refractivity contribution in [3.63, 3.8) is 0 Å². The van der Waals surface area contributed by atoms with Crippen molar-refractivity contribution in [2.45, 2.75) is 0 Å². The number of ether oxygens (including phenoxy) is 1. The van der Waals surface area contributed by atoms with Crippen LogP contribution in [-0.2, 0) is 4.79 Å². The number of nitrogens with zero attached hydrogens (tertiary/aromatic N) is 2. The normalized spacial score (nSPS) is 13.8. The van der Waals surface area contributed by atoms with Crippen LogP contribution in [0.4, 0.5) is 11.4 Å². The lowest BCUT2D eigenvalue weighted by Gasteiger charge is -2.36. The van der Waals surface area contributed by atoms with Crippen LogP contribution in [0.1, 0.15) is 16.1 Å². The summed E-state index contributed by atoms with van der Waals surface area (Å²) in [4.78, 5) is 28.8. The van der Waals surface area contributed by atoms with Gasteiger partial charge in [0.05, 0.1) is 29.1 Å². The van der Waals surface area contributed by atoms with Crippen LogP contribution in [0.3, 0.4) is 0 Å². The molecular formula is C25H22Cl3N3O4. The van der Waals surface area contributed by atoms with E-state index in [1.807, 2.05) is 6.07 Å². The first-order chi connectivity index (χ1) is 16.9. The zero-order valence-electron chi connectivity index (χ0n) is 18.8. The molecule has 2 heterocycles. The number of carbonyl (C=O) groups is 2. The van der Waals surface area contributed by atoms with Crippen molar-refractivity contribution in [3.8, 4) is 5.75 Å². The standard InChI is InChI=1S/C25H22Cl3N3O4/c1-34-24-16(13-17(26)14-20(24)28)4-7-23(32)29-18-5-6-21(19(27)15-18)30-8-10-31(11-9-30)25(33)22-3-2-12-35-22/h2-7,12-15H,8-11H2,1H3,(H,29,32)/b7-4+. The molecule has 1 aliphatic heterocycles. The van der Waals surface area contributed by atoms with Gasteiger partial charge in [-0.25, -0.2) is 0 Å². The summed E-state index contributed by atoms with van der Waals surface area (Å²) in [5.41, 5.74) is 1.97. The quantitative estimate of drug-likeness (QED) is 0.401. The molecule has 0 spiro atoms. The van der Waals surface area contributed by atoms with E-state index < -0.39 is 0 Å². The second kappa shape index (κ2) is 11.1. The highest BCUT2D eigenvalue weighted by molar-refractivity contribution is 6.36. The van der Waals surface area contributed by atoms with E-state index in [1.165, 1.54) is 19.4 Å². The maximum absolute atomic E-state index is 12.5. The summed E-state index contributed by atoms with van der Waals surface area (Å²) in [5.74, 6) is 0.294. The Morgan fingerprint density at radius 2 is 1.80 bits per heavy atom. The Kier molecular flexibility index (Phi) is 7.90.